The van der Waals surface area contributed by atoms with Gasteiger partial charge >= 0.3 is 0 Å². The van der Waals surface area contributed by atoms with Crippen LogP contribution in [0.25, 0.3) is 0 Å². The third kappa shape index (κ3) is 4.60. The number of hydrogen-bond acceptors (Lipinski definition) is 6. The first-order valence-electron chi connectivity index (χ1n) is 8.81. The van der Waals surface area contributed by atoms with Crippen molar-refractivity contribution >= 4 is 21.4 Å². The van der Waals surface area contributed by atoms with Crippen LogP contribution in [-0.4, -0.2) is 40.1 Å². The molecule has 29 heavy (non-hydrogen) atoms. The Morgan fingerprint density at radius 1 is 1.10 bits per heavy atom. The van der Waals surface area contributed by atoms with Gasteiger partial charge < -0.3 is 9.84 Å². The average molecular weight is 436 g/mol. The highest BCUT2D eigenvalue weighted by atomic mass is 35.5. The Labute approximate surface area is 174 Å². The summed E-state index contributed by atoms with van der Waals surface area (Å²) < 4.78 is 31.0. The number of aliphatic hydroxyl groups is 1. The van der Waals surface area contributed by atoms with E-state index in [2.05, 4.69) is 10.1 Å². The molecule has 154 valence electrons. The molecule has 0 aliphatic heterocycles. The van der Waals surface area contributed by atoms with Crippen molar-refractivity contribution in [2.75, 3.05) is 6.26 Å². The van der Waals surface area contributed by atoms with E-state index in [1.54, 1.807) is 50.2 Å². The van der Waals surface area contributed by atoms with Gasteiger partial charge in [0.1, 0.15) is 29.6 Å². The highest BCUT2D eigenvalue weighted by molar-refractivity contribution is 7.90. The molecule has 3 aromatic rings. The van der Waals surface area contributed by atoms with Crippen molar-refractivity contribution in [3.05, 3.63) is 71.8 Å². The largest absolute Gasteiger partial charge is 0.484 e. The Bertz CT molecular complexity index is 1070. The summed E-state index contributed by atoms with van der Waals surface area (Å²) in [6.07, 6.45) is 4.04. The second-order valence-corrected chi connectivity index (χ2v) is 9.77. The van der Waals surface area contributed by atoms with Crippen LogP contribution in [0.2, 0.25) is 5.02 Å². The van der Waals surface area contributed by atoms with E-state index in [4.69, 9.17) is 16.3 Å². The normalized spacial score (nSPS) is 14.4. The lowest BCUT2D eigenvalue weighted by atomic mass is 9.79. The van der Waals surface area contributed by atoms with E-state index in [0.29, 0.717) is 16.3 Å². The molecule has 0 radical (unpaired) electrons. The van der Waals surface area contributed by atoms with Crippen LogP contribution in [0.5, 0.6) is 5.75 Å². The number of aromatic nitrogens is 3. The third-order valence-electron chi connectivity index (χ3n) is 4.80. The zero-order valence-electron chi connectivity index (χ0n) is 16.3. The number of rotatable bonds is 7. The highest BCUT2D eigenvalue weighted by Crippen LogP contribution is 2.38. The number of sulfone groups is 1. The molecule has 1 atom stereocenters. The van der Waals surface area contributed by atoms with Crippen LogP contribution in [0.3, 0.4) is 0 Å². The lowest BCUT2D eigenvalue weighted by molar-refractivity contribution is -0.133. The number of hydrogen-bond donors (Lipinski definition) is 1. The Hall–Kier alpha value is -2.42. The van der Waals surface area contributed by atoms with Gasteiger partial charge in [0.25, 0.3) is 0 Å². The zero-order valence-corrected chi connectivity index (χ0v) is 17.9. The van der Waals surface area contributed by atoms with Gasteiger partial charge in [0.2, 0.25) is 0 Å². The molecule has 3 rings (SSSR count). The van der Waals surface area contributed by atoms with Crippen molar-refractivity contribution < 1.29 is 18.3 Å². The minimum absolute atomic E-state index is 0.0864. The minimum atomic E-state index is -3.31. The van der Waals surface area contributed by atoms with Gasteiger partial charge in [-0.15, -0.1) is 0 Å². The van der Waals surface area contributed by atoms with E-state index in [1.807, 2.05) is 0 Å². The van der Waals surface area contributed by atoms with Crippen LogP contribution in [-0.2, 0) is 22.0 Å². The molecule has 1 heterocycles. The molecule has 0 saturated carbocycles. The molecule has 0 fully saturated rings. The summed E-state index contributed by atoms with van der Waals surface area (Å²) in [6.45, 7) is 3.59. The Morgan fingerprint density at radius 2 is 1.72 bits per heavy atom. The molecule has 0 saturated heterocycles. The third-order valence-corrected chi connectivity index (χ3v) is 6.18. The van der Waals surface area contributed by atoms with Crippen LogP contribution >= 0.6 is 11.6 Å². The molecule has 1 unspecified atom stereocenters. The molecule has 1 aromatic heterocycles. The number of benzene rings is 2. The zero-order chi connectivity index (χ0) is 21.3. The molecule has 0 aliphatic carbocycles. The molecular weight excluding hydrogens is 414 g/mol. The number of ether oxygens (including phenoxy) is 1. The smallest absolute Gasteiger partial charge is 0.175 e. The number of nitrogens with zero attached hydrogens (tertiary/aromatic N) is 3. The standard InChI is InChI=1S/C20H22ClN3O4S/c1-19(2,28-17-8-10-18(11-9-17)29(3,26)27)20(25,12-24-14-22-13-23-24)15-4-6-16(21)7-5-15/h4-11,13-14,25H,12H2,1-3H3. The molecule has 0 aliphatic rings. The van der Waals surface area contributed by atoms with Gasteiger partial charge in [-0.2, -0.15) is 5.10 Å². The van der Waals surface area contributed by atoms with E-state index in [0.717, 1.165) is 6.26 Å². The first-order valence-corrected chi connectivity index (χ1v) is 11.1. The summed E-state index contributed by atoms with van der Waals surface area (Å²) in [7, 11) is -3.31. The quantitative estimate of drug-likeness (QED) is 0.612. The van der Waals surface area contributed by atoms with Gasteiger partial charge in [0, 0.05) is 11.3 Å². The van der Waals surface area contributed by atoms with Crippen molar-refractivity contribution in [2.24, 2.45) is 0 Å². The summed E-state index contributed by atoms with van der Waals surface area (Å²) in [4.78, 5) is 4.13. The Balaban J connectivity index is 1.98. The topological polar surface area (TPSA) is 94.3 Å². The molecule has 2 aromatic carbocycles. The van der Waals surface area contributed by atoms with Gasteiger partial charge in [-0.3, -0.25) is 0 Å². The maximum absolute atomic E-state index is 11.8. The lowest BCUT2D eigenvalue weighted by Gasteiger charge is -2.42. The summed E-state index contributed by atoms with van der Waals surface area (Å²) >= 11 is 6.01. The number of halogens is 1. The maximum atomic E-state index is 11.8. The molecule has 0 spiro atoms. The van der Waals surface area contributed by atoms with Crippen LogP contribution < -0.4 is 4.74 Å². The van der Waals surface area contributed by atoms with Gasteiger partial charge in [0.05, 0.1) is 11.4 Å². The summed E-state index contributed by atoms with van der Waals surface area (Å²) in [5.74, 6) is 0.424. The molecule has 9 heteroatoms. The Kier molecular flexibility index (Phi) is 5.71. The van der Waals surface area contributed by atoms with Crippen LogP contribution in [0.1, 0.15) is 19.4 Å². The van der Waals surface area contributed by atoms with E-state index in [1.165, 1.54) is 29.5 Å². The molecule has 0 bridgehead atoms. The van der Waals surface area contributed by atoms with Gasteiger partial charge in [0.15, 0.2) is 9.84 Å². The van der Waals surface area contributed by atoms with Crippen molar-refractivity contribution in [1.82, 2.24) is 14.8 Å². The Morgan fingerprint density at radius 3 is 2.24 bits per heavy atom. The van der Waals surface area contributed by atoms with E-state index in [-0.39, 0.29) is 11.4 Å². The van der Waals surface area contributed by atoms with Crippen molar-refractivity contribution in [3.8, 4) is 5.75 Å². The monoisotopic (exact) mass is 435 g/mol. The van der Waals surface area contributed by atoms with Crippen LogP contribution in [0.15, 0.2) is 66.1 Å². The summed E-state index contributed by atoms with van der Waals surface area (Å²) in [5, 5.41) is 16.4. The second-order valence-electron chi connectivity index (χ2n) is 7.32. The fraction of sp³-hybridized carbons (Fsp3) is 0.300. The SMILES string of the molecule is CC(C)(Oc1ccc(S(C)(=O)=O)cc1)C(O)(Cn1cncn1)c1ccc(Cl)cc1. The molecule has 7 nitrogen and oxygen atoms in total. The van der Waals surface area contributed by atoms with Crippen LogP contribution in [0.4, 0.5) is 0 Å². The summed E-state index contributed by atoms with van der Waals surface area (Å²) in [5.41, 5.74) is -2.03. The average Bonchev–Trinajstić information content (AvgIpc) is 3.14. The van der Waals surface area contributed by atoms with Gasteiger partial charge in [-0.05, 0) is 55.8 Å². The predicted molar refractivity (Wildman–Crippen MR) is 110 cm³/mol. The molecular formula is C20H22ClN3O4S. The van der Waals surface area contributed by atoms with E-state index in [9.17, 15) is 13.5 Å². The second kappa shape index (κ2) is 7.78. The van der Waals surface area contributed by atoms with E-state index < -0.39 is 21.0 Å². The predicted octanol–water partition coefficient (Wildman–Crippen LogP) is 3.08. The first kappa shape index (κ1) is 21.3. The lowest BCUT2D eigenvalue weighted by Crippen LogP contribution is -2.54. The highest BCUT2D eigenvalue weighted by Gasteiger charge is 2.48. The maximum Gasteiger partial charge on any atom is 0.175 e. The molecule has 0 amide bonds. The van der Waals surface area contributed by atoms with Crippen molar-refractivity contribution in [1.29, 1.82) is 0 Å². The van der Waals surface area contributed by atoms with Crippen LogP contribution in [0, 0.1) is 0 Å². The van der Waals surface area contributed by atoms with Crippen molar-refractivity contribution in [2.45, 2.75) is 36.5 Å². The fourth-order valence-corrected chi connectivity index (χ4v) is 3.79. The summed E-state index contributed by atoms with van der Waals surface area (Å²) in [6, 6.07) is 12.9. The first-order chi connectivity index (χ1) is 13.5. The fourth-order valence-electron chi connectivity index (χ4n) is 3.04. The van der Waals surface area contributed by atoms with Crippen molar-refractivity contribution in [3.63, 3.8) is 0 Å². The van der Waals surface area contributed by atoms with Gasteiger partial charge in [-0.25, -0.2) is 18.1 Å². The van der Waals surface area contributed by atoms with Gasteiger partial charge in [-0.1, -0.05) is 23.7 Å². The minimum Gasteiger partial charge on any atom is -0.484 e. The van der Waals surface area contributed by atoms with E-state index >= 15 is 0 Å². The molecule has 1 N–H and O–H groups in total.